The molecule has 0 N–H and O–H groups in total. The summed E-state index contributed by atoms with van der Waals surface area (Å²) >= 11 is 1.73. The zero-order valence-corrected chi connectivity index (χ0v) is 12.2. The van der Waals surface area contributed by atoms with Gasteiger partial charge in [-0.3, -0.25) is 4.40 Å². The Hall–Kier alpha value is -1.87. The molecule has 0 fully saturated rings. The predicted molar refractivity (Wildman–Crippen MR) is 86.5 cm³/mol. The number of allylic oxidation sites excluding steroid dienone is 3. The molecule has 0 aromatic carbocycles. The van der Waals surface area contributed by atoms with Gasteiger partial charge in [-0.2, -0.15) is 0 Å². The van der Waals surface area contributed by atoms with Crippen molar-refractivity contribution in [1.29, 1.82) is 0 Å². The summed E-state index contributed by atoms with van der Waals surface area (Å²) in [5.74, 6) is 0. The molecule has 3 heteroatoms. The molecule has 2 aromatic rings. The van der Waals surface area contributed by atoms with Crippen LogP contribution in [0.3, 0.4) is 0 Å². The Balaban J connectivity index is 0.000000637. The van der Waals surface area contributed by atoms with Crippen molar-refractivity contribution in [1.82, 2.24) is 9.38 Å². The highest BCUT2D eigenvalue weighted by Gasteiger charge is 2.16. The number of fused-ring (bicyclic) bond motifs is 3. The van der Waals surface area contributed by atoms with Gasteiger partial charge in [0.05, 0.1) is 17.1 Å². The Morgan fingerprint density at radius 1 is 1.26 bits per heavy atom. The molecule has 0 unspecified atom stereocenters. The van der Waals surface area contributed by atoms with Gasteiger partial charge in [0.15, 0.2) is 4.96 Å². The van der Waals surface area contributed by atoms with Gasteiger partial charge in [0.25, 0.3) is 0 Å². The van der Waals surface area contributed by atoms with Crippen LogP contribution < -0.4 is 0 Å². The van der Waals surface area contributed by atoms with Gasteiger partial charge in [-0.15, -0.1) is 11.3 Å². The van der Waals surface area contributed by atoms with Gasteiger partial charge in [0, 0.05) is 11.3 Å². The summed E-state index contributed by atoms with van der Waals surface area (Å²) < 4.78 is 2.16. The van der Waals surface area contributed by atoms with Gasteiger partial charge >= 0.3 is 0 Å². The molecule has 3 rings (SSSR count). The molecule has 0 amide bonds. The second-order valence-corrected chi connectivity index (χ2v) is 4.87. The van der Waals surface area contributed by atoms with Gasteiger partial charge in [-0.25, -0.2) is 4.98 Å². The van der Waals surface area contributed by atoms with Crippen molar-refractivity contribution < 1.29 is 0 Å². The van der Waals surface area contributed by atoms with Crippen LogP contribution in [0, 0.1) is 0 Å². The third-order valence-corrected chi connectivity index (χ3v) is 3.92. The monoisotopic (exact) mass is 270 g/mol. The molecule has 0 aliphatic heterocycles. The fourth-order valence-electron chi connectivity index (χ4n) is 2.08. The average molecular weight is 270 g/mol. The highest BCUT2D eigenvalue weighted by molar-refractivity contribution is 7.17. The molecule has 2 heterocycles. The number of imidazole rings is 1. The lowest BCUT2D eigenvalue weighted by molar-refractivity contribution is 1.15. The third kappa shape index (κ3) is 2.22. The maximum atomic E-state index is 4.57. The normalized spacial score (nSPS) is 12.5. The predicted octanol–water partition coefficient (Wildman–Crippen LogP) is 4.83. The summed E-state index contributed by atoms with van der Waals surface area (Å²) in [5, 5.41) is 0. The zero-order valence-electron chi connectivity index (χ0n) is 11.4. The Morgan fingerprint density at radius 3 is 2.74 bits per heavy atom. The van der Waals surface area contributed by atoms with Crippen LogP contribution in [-0.2, 0) is 6.42 Å². The van der Waals surface area contributed by atoms with Gasteiger partial charge in [-0.1, -0.05) is 45.2 Å². The summed E-state index contributed by atoms with van der Waals surface area (Å²) in [6.07, 6.45) is 13.0. The van der Waals surface area contributed by atoms with E-state index in [1.807, 2.05) is 19.9 Å². The SMILES string of the molecule is C=Cc1nc2sc3c(n2c1C=C)C=CC=CC3.CC. The highest BCUT2D eigenvalue weighted by atomic mass is 32.1. The van der Waals surface area contributed by atoms with E-state index < -0.39 is 0 Å². The molecule has 0 radical (unpaired) electrons. The Bertz CT molecular complexity index is 669. The minimum atomic E-state index is 0.902. The number of hydrogen-bond donors (Lipinski definition) is 0. The molecular weight excluding hydrogens is 252 g/mol. The van der Waals surface area contributed by atoms with E-state index in [-0.39, 0.29) is 0 Å². The van der Waals surface area contributed by atoms with Crippen LogP contribution in [0.2, 0.25) is 0 Å². The summed E-state index contributed by atoms with van der Waals surface area (Å²) in [5.41, 5.74) is 3.14. The van der Waals surface area contributed by atoms with Crippen molar-refractivity contribution in [2.75, 3.05) is 0 Å². The zero-order chi connectivity index (χ0) is 13.8. The molecule has 0 atom stereocenters. The van der Waals surface area contributed by atoms with Crippen LogP contribution in [0.4, 0.5) is 0 Å². The first kappa shape index (κ1) is 13.6. The maximum absolute atomic E-state index is 4.57. The number of nitrogens with zero attached hydrogens (tertiary/aromatic N) is 2. The molecule has 2 aromatic heterocycles. The van der Waals surface area contributed by atoms with E-state index in [4.69, 9.17) is 0 Å². The number of thiazole rings is 1. The van der Waals surface area contributed by atoms with Gasteiger partial charge in [0.1, 0.15) is 0 Å². The minimum Gasteiger partial charge on any atom is -0.283 e. The van der Waals surface area contributed by atoms with Crippen LogP contribution in [-0.4, -0.2) is 9.38 Å². The number of hydrogen-bond acceptors (Lipinski definition) is 2. The van der Waals surface area contributed by atoms with E-state index in [0.29, 0.717) is 0 Å². The van der Waals surface area contributed by atoms with Crippen molar-refractivity contribution in [3.8, 4) is 0 Å². The fourth-order valence-corrected chi connectivity index (χ4v) is 3.17. The molecule has 98 valence electrons. The molecule has 2 nitrogen and oxygen atoms in total. The minimum absolute atomic E-state index is 0.902. The Labute approximate surface area is 118 Å². The molecular formula is C16H18N2S. The molecule has 19 heavy (non-hydrogen) atoms. The second-order valence-electron chi connectivity index (χ2n) is 3.81. The number of rotatable bonds is 2. The van der Waals surface area contributed by atoms with Crippen molar-refractivity contribution in [2.45, 2.75) is 20.3 Å². The lowest BCUT2D eigenvalue weighted by Crippen LogP contribution is -1.91. The van der Waals surface area contributed by atoms with E-state index in [1.165, 1.54) is 10.6 Å². The van der Waals surface area contributed by atoms with Crippen molar-refractivity contribution in [3.05, 3.63) is 53.3 Å². The molecule has 0 saturated carbocycles. The van der Waals surface area contributed by atoms with Gasteiger partial charge < -0.3 is 0 Å². The Morgan fingerprint density at radius 2 is 2.05 bits per heavy atom. The van der Waals surface area contributed by atoms with Crippen LogP contribution in [0.5, 0.6) is 0 Å². The number of aromatic nitrogens is 2. The lowest BCUT2D eigenvalue weighted by atomic mass is 10.2. The third-order valence-electron chi connectivity index (χ3n) is 2.84. The maximum Gasteiger partial charge on any atom is 0.195 e. The first-order chi connectivity index (χ1) is 9.35. The van der Waals surface area contributed by atoms with E-state index in [2.05, 4.69) is 46.8 Å². The highest BCUT2D eigenvalue weighted by Crippen LogP contribution is 2.30. The topological polar surface area (TPSA) is 17.3 Å². The molecule has 0 bridgehead atoms. The Kier molecular flexibility index (Phi) is 4.17. The molecule has 1 aliphatic carbocycles. The van der Waals surface area contributed by atoms with Crippen LogP contribution in [0.25, 0.3) is 23.2 Å². The van der Waals surface area contributed by atoms with E-state index >= 15 is 0 Å². The molecule has 0 saturated heterocycles. The van der Waals surface area contributed by atoms with Crippen LogP contribution >= 0.6 is 11.3 Å². The largest absolute Gasteiger partial charge is 0.283 e. The summed E-state index contributed by atoms with van der Waals surface area (Å²) in [4.78, 5) is 6.93. The van der Waals surface area contributed by atoms with E-state index in [1.54, 1.807) is 17.4 Å². The second kappa shape index (κ2) is 5.85. The fraction of sp³-hybridized carbons (Fsp3) is 0.188. The van der Waals surface area contributed by atoms with Crippen LogP contribution in [0.15, 0.2) is 31.4 Å². The van der Waals surface area contributed by atoms with Crippen molar-refractivity contribution >= 4 is 34.5 Å². The molecule has 0 spiro atoms. The first-order valence-electron chi connectivity index (χ1n) is 6.47. The smallest absolute Gasteiger partial charge is 0.195 e. The van der Waals surface area contributed by atoms with E-state index in [0.717, 1.165) is 22.8 Å². The van der Waals surface area contributed by atoms with E-state index in [9.17, 15) is 0 Å². The lowest BCUT2D eigenvalue weighted by Gasteiger charge is -1.98. The summed E-state index contributed by atoms with van der Waals surface area (Å²) in [6, 6.07) is 0. The molecule has 1 aliphatic rings. The average Bonchev–Trinajstić information content (AvgIpc) is 2.87. The summed E-state index contributed by atoms with van der Waals surface area (Å²) in [7, 11) is 0. The van der Waals surface area contributed by atoms with Crippen molar-refractivity contribution in [3.63, 3.8) is 0 Å². The standard InChI is InChI=1S/C14H12N2S.C2H6/c1-3-10-11(4-2)16-12-8-6-5-7-9-13(12)17-14(16)15-10;1-2/h3-8H,1-2,9H2;1-2H3. The van der Waals surface area contributed by atoms with Gasteiger partial charge in [0.2, 0.25) is 0 Å². The first-order valence-corrected chi connectivity index (χ1v) is 7.29. The summed E-state index contributed by atoms with van der Waals surface area (Å²) in [6.45, 7) is 11.7. The van der Waals surface area contributed by atoms with Crippen molar-refractivity contribution in [2.24, 2.45) is 0 Å². The quantitative estimate of drug-likeness (QED) is 0.763. The van der Waals surface area contributed by atoms with Crippen LogP contribution in [0.1, 0.15) is 35.8 Å². The van der Waals surface area contributed by atoms with Gasteiger partial charge in [-0.05, 0) is 18.2 Å².